The van der Waals surface area contributed by atoms with Crippen LogP contribution in [0.5, 0.6) is 5.75 Å². The monoisotopic (exact) mass is 280 g/mol. The summed E-state index contributed by atoms with van der Waals surface area (Å²) in [6, 6.07) is 5.12. The van der Waals surface area contributed by atoms with E-state index in [4.69, 9.17) is 4.74 Å². The topological polar surface area (TPSA) is 24.5 Å². The zero-order valence-electron chi connectivity index (χ0n) is 12.5. The van der Waals surface area contributed by atoms with Crippen molar-refractivity contribution in [3.8, 4) is 5.75 Å². The molecule has 1 saturated heterocycles. The number of hydrogen-bond donors (Lipinski definition) is 1. The molecule has 1 heterocycles. The first-order valence-corrected chi connectivity index (χ1v) is 7.55. The molecule has 20 heavy (non-hydrogen) atoms. The van der Waals surface area contributed by atoms with Crippen LogP contribution in [0.25, 0.3) is 0 Å². The van der Waals surface area contributed by atoms with Gasteiger partial charge in [-0.2, -0.15) is 0 Å². The number of nitrogens with zero attached hydrogens (tertiary/aromatic N) is 1. The molecule has 0 aromatic heterocycles. The van der Waals surface area contributed by atoms with Gasteiger partial charge in [0.2, 0.25) is 0 Å². The molecule has 0 aliphatic carbocycles. The van der Waals surface area contributed by atoms with E-state index >= 15 is 0 Å². The summed E-state index contributed by atoms with van der Waals surface area (Å²) in [5, 5.41) is 3.51. The molecule has 0 radical (unpaired) electrons. The Balaban J connectivity index is 1.96. The van der Waals surface area contributed by atoms with E-state index < -0.39 is 0 Å². The Labute approximate surface area is 121 Å². The Kier molecular flexibility index (Phi) is 5.65. The van der Waals surface area contributed by atoms with Crippen LogP contribution in [0.2, 0.25) is 0 Å². The van der Waals surface area contributed by atoms with Crippen LogP contribution in [-0.4, -0.2) is 37.7 Å². The number of nitrogens with one attached hydrogen (secondary N) is 1. The van der Waals surface area contributed by atoms with Crippen molar-refractivity contribution >= 4 is 5.69 Å². The minimum atomic E-state index is -0.262. The van der Waals surface area contributed by atoms with Crippen molar-refractivity contribution in [1.82, 2.24) is 4.90 Å². The normalized spacial score (nSPS) is 20.4. The van der Waals surface area contributed by atoms with Gasteiger partial charge in [-0.1, -0.05) is 6.92 Å². The number of methoxy groups -OCH3 is 1. The van der Waals surface area contributed by atoms with Crippen LogP contribution in [0.15, 0.2) is 18.2 Å². The van der Waals surface area contributed by atoms with Crippen molar-refractivity contribution in [1.29, 1.82) is 0 Å². The molecule has 1 fully saturated rings. The summed E-state index contributed by atoms with van der Waals surface area (Å²) in [5.74, 6) is 0.321. The second kappa shape index (κ2) is 7.48. The Morgan fingerprint density at radius 3 is 2.95 bits per heavy atom. The maximum absolute atomic E-state index is 13.2. The maximum Gasteiger partial charge on any atom is 0.144 e. The van der Waals surface area contributed by atoms with E-state index in [1.54, 1.807) is 13.2 Å². The van der Waals surface area contributed by atoms with E-state index in [1.807, 2.05) is 0 Å². The van der Waals surface area contributed by atoms with Gasteiger partial charge in [-0.25, -0.2) is 4.39 Å². The molecule has 1 N–H and O–H groups in total. The number of ether oxygens (including phenoxy) is 1. The van der Waals surface area contributed by atoms with Gasteiger partial charge in [0.1, 0.15) is 11.6 Å². The summed E-state index contributed by atoms with van der Waals surface area (Å²) < 4.78 is 18.4. The van der Waals surface area contributed by atoms with E-state index in [1.165, 1.54) is 38.1 Å². The van der Waals surface area contributed by atoms with Crippen molar-refractivity contribution in [3.05, 3.63) is 24.0 Å². The molecule has 1 unspecified atom stereocenters. The number of anilines is 1. The Hall–Kier alpha value is -1.29. The van der Waals surface area contributed by atoms with E-state index in [2.05, 4.69) is 17.1 Å². The molecule has 0 amide bonds. The third-order valence-corrected chi connectivity index (χ3v) is 3.88. The van der Waals surface area contributed by atoms with Gasteiger partial charge in [0.05, 0.1) is 12.8 Å². The standard InChI is InChI=1S/C16H25FN2O/c1-3-9-19-10-4-5-14(8-11-19)18-15-7-6-13(17)12-16(15)20-2/h6-7,12,14,18H,3-5,8-11H2,1-2H3. The number of rotatable bonds is 5. The van der Waals surface area contributed by atoms with Crippen LogP contribution >= 0.6 is 0 Å². The Bertz CT molecular complexity index is 425. The lowest BCUT2D eigenvalue weighted by molar-refractivity contribution is 0.285. The SMILES string of the molecule is CCCN1CCCC(Nc2ccc(F)cc2OC)CC1. The lowest BCUT2D eigenvalue weighted by atomic mass is 10.1. The summed E-state index contributed by atoms with van der Waals surface area (Å²) in [5.41, 5.74) is 0.892. The van der Waals surface area contributed by atoms with Gasteiger partial charge in [-0.3, -0.25) is 0 Å². The summed E-state index contributed by atoms with van der Waals surface area (Å²) in [6.45, 7) is 5.73. The lowest BCUT2D eigenvalue weighted by Gasteiger charge is -2.21. The van der Waals surface area contributed by atoms with Gasteiger partial charge in [0.25, 0.3) is 0 Å². The lowest BCUT2D eigenvalue weighted by Crippen LogP contribution is -2.27. The number of hydrogen-bond acceptors (Lipinski definition) is 3. The number of benzene rings is 1. The van der Waals surface area contributed by atoms with Crippen LogP contribution in [0, 0.1) is 5.82 Å². The highest BCUT2D eigenvalue weighted by molar-refractivity contribution is 5.57. The molecule has 2 rings (SSSR count). The number of halogens is 1. The van der Waals surface area contributed by atoms with E-state index in [0.717, 1.165) is 25.1 Å². The molecule has 1 aliphatic heterocycles. The molecular weight excluding hydrogens is 255 g/mol. The summed E-state index contributed by atoms with van der Waals surface area (Å²) in [6.07, 6.45) is 4.70. The zero-order valence-corrected chi connectivity index (χ0v) is 12.5. The highest BCUT2D eigenvalue weighted by Gasteiger charge is 2.17. The Morgan fingerprint density at radius 1 is 1.35 bits per heavy atom. The maximum atomic E-state index is 13.2. The van der Waals surface area contributed by atoms with Gasteiger partial charge in [-0.15, -0.1) is 0 Å². The average molecular weight is 280 g/mol. The predicted octanol–water partition coefficient (Wildman–Crippen LogP) is 3.51. The quantitative estimate of drug-likeness (QED) is 0.893. The third kappa shape index (κ3) is 4.10. The van der Waals surface area contributed by atoms with Gasteiger partial charge in [0.15, 0.2) is 0 Å². The summed E-state index contributed by atoms with van der Waals surface area (Å²) >= 11 is 0. The fourth-order valence-corrected chi connectivity index (χ4v) is 2.84. The minimum Gasteiger partial charge on any atom is -0.494 e. The first-order valence-electron chi connectivity index (χ1n) is 7.55. The second-order valence-corrected chi connectivity index (χ2v) is 5.46. The van der Waals surface area contributed by atoms with Crippen LogP contribution in [0.1, 0.15) is 32.6 Å². The molecule has 0 bridgehead atoms. The molecule has 0 spiro atoms. The molecule has 4 heteroatoms. The summed E-state index contributed by atoms with van der Waals surface area (Å²) in [4.78, 5) is 2.53. The molecular formula is C16H25FN2O. The minimum absolute atomic E-state index is 0.262. The molecule has 1 aromatic rings. The van der Waals surface area contributed by atoms with Crippen molar-refractivity contribution < 1.29 is 9.13 Å². The highest BCUT2D eigenvalue weighted by Crippen LogP contribution is 2.27. The smallest absolute Gasteiger partial charge is 0.144 e. The molecule has 1 aromatic carbocycles. The van der Waals surface area contributed by atoms with Crippen molar-refractivity contribution in [2.75, 3.05) is 32.1 Å². The predicted molar refractivity (Wildman–Crippen MR) is 80.9 cm³/mol. The second-order valence-electron chi connectivity index (χ2n) is 5.46. The zero-order chi connectivity index (χ0) is 14.4. The van der Waals surface area contributed by atoms with Crippen molar-refractivity contribution in [2.24, 2.45) is 0 Å². The largest absolute Gasteiger partial charge is 0.494 e. The molecule has 112 valence electrons. The first kappa shape index (κ1) is 15.1. The van der Waals surface area contributed by atoms with Crippen molar-refractivity contribution in [3.63, 3.8) is 0 Å². The highest BCUT2D eigenvalue weighted by atomic mass is 19.1. The fourth-order valence-electron chi connectivity index (χ4n) is 2.84. The van der Waals surface area contributed by atoms with Crippen LogP contribution < -0.4 is 10.1 Å². The van der Waals surface area contributed by atoms with Crippen LogP contribution in [0.3, 0.4) is 0 Å². The van der Waals surface area contributed by atoms with Gasteiger partial charge >= 0.3 is 0 Å². The van der Waals surface area contributed by atoms with E-state index in [-0.39, 0.29) is 5.82 Å². The first-order chi connectivity index (χ1) is 9.72. The van der Waals surface area contributed by atoms with E-state index in [0.29, 0.717) is 11.8 Å². The van der Waals surface area contributed by atoms with Gasteiger partial charge in [-0.05, 0) is 50.9 Å². The molecule has 0 saturated carbocycles. The fraction of sp³-hybridized carbons (Fsp3) is 0.625. The van der Waals surface area contributed by atoms with Gasteiger partial charge in [0, 0.05) is 18.7 Å². The summed E-state index contributed by atoms with van der Waals surface area (Å²) in [7, 11) is 1.58. The van der Waals surface area contributed by atoms with Crippen molar-refractivity contribution in [2.45, 2.75) is 38.6 Å². The Morgan fingerprint density at radius 2 is 2.20 bits per heavy atom. The molecule has 1 aliphatic rings. The van der Waals surface area contributed by atoms with E-state index in [9.17, 15) is 4.39 Å². The van der Waals surface area contributed by atoms with Gasteiger partial charge < -0.3 is 15.0 Å². The van der Waals surface area contributed by atoms with Crippen LogP contribution in [-0.2, 0) is 0 Å². The molecule has 1 atom stereocenters. The number of likely N-dealkylation sites (tertiary alicyclic amines) is 1. The third-order valence-electron chi connectivity index (χ3n) is 3.88. The average Bonchev–Trinajstić information content (AvgIpc) is 2.67. The van der Waals surface area contributed by atoms with Crippen LogP contribution in [0.4, 0.5) is 10.1 Å². The molecule has 3 nitrogen and oxygen atoms in total.